The van der Waals surface area contributed by atoms with E-state index in [0.717, 1.165) is 32.1 Å². The molecule has 0 aromatic carbocycles. The zero-order valence-corrected chi connectivity index (χ0v) is 7.18. The molecule has 0 amide bonds. The fraction of sp³-hybridized carbons (Fsp3) is 0.889. The van der Waals surface area contributed by atoms with Crippen LogP contribution in [0, 0.1) is 5.41 Å². The molecule has 2 saturated carbocycles. The Hall–Kier alpha value is -0.570. The average Bonchev–Trinajstić information content (AvgIpc) is 2.60. The summed E-state index contributed by atoms with van der Waals surface area (Å²) in [5.74, 6) is -0.745. The van der Waals surface area contributed by atoms with Crippen LogP contribution in [-0.2, 0) is 4.79 Å². The molecule has 1 unspecified atom stereocenters. The van der Waals surface area contributed by atoms with Crippen molar-refractivity contribution in [3.8, 4) is 0 Å². The fourth-order valence-corrected chi connectivity index (χ4v) is 2.70. The Morgan fingerprint density at radius 1 is 1.33 bits per heavy atom. The van der Waals surface area contributed by atoms with Crippen molar-refractivity contribution in [2.45, 2.75) is 44.1 Å². The van der Waals surface area contributed by atoms with E-state index >= 15 is 0 Å². The molecule has 2 fully saturated rings. The maximum atomic E-state index is 10.6. The lowest BCUT2D eigenvalue weighted by molar-refractivity contribution is -0.138. The highest BCUT2D eigenvalue weighted by Gasteiger charge is 2.60. The van der Waals surface area contributed by atoms with Crippen LogP contribution in [0.15, 0.2) is 0 Å². The first-order valence-corrected chi connectivity index (χ1v) is 4.59. The zero-order valence-electron chi connectivity index (χ0n) is 7.18. The Balaban J connectivity index is 2.13. The van der Waals surface area contributed by atoms with Crippen LogP contribution in [0.1, 0.15) is 38.5 Å². The number of carboxylic acids is 1. The molecule has 0 radical (unpaired) electrons. The van der Waals surface area contributed by atoms with Gasteiger partial charge in [0.2, 0.25) is 0 Å². The minimum absolute atomic E-state index is 0.160. The summed E-state index contributed by atoms with van der Waals surface area (Å²) in [7, 11) is 0. The summed E-state index contributed by atoms with van der Waals surface area (Å²) in [5, 5.41) is 8.72. The van der Waals surface area contributed by atoms with E-state index in [1.807, 2.05) is 0 Å². The maximum absolute atomic E-state index is 10.6. The molecule has 0 aliphatic heterocycles. The molecule has 2 aliphatic carbocycles. The summed E-state index contributed by atoms with van der Waals surface area (Å²) >= 11 is 0. The van der Waals surface area contributed by atoms with Crippen LogP contribution in [0.4, 0.5) is 0 Å². The van der Waals surface area contributed by atoms with Crippen LogP contribution >= 0.6 is 0 Å². The molecule has 12 heavy (non-hydrogen) atoms. The van der Waals surface area contributed by atoms with Crippen LogP contribution in [0.25, 0.3) is 0 Å². The largest absolute Gasteiger partial charge is 0.481 e. The molecule has 3 heteroatoms. The minimum atomic E-state index is -0.745. The monoisotopic (exact) mass is 169 g/mol. The van der Waals surface area contributed by atoms with Crippen LogP contribution in [-0.4, -0.2) is 16.6 Å². The van der Waals surface area contributed by atoms with Gasteiger partial charge in [-0.05, 0) is 31.1 Å². The lowest BCUT2D eigenvalue weighted by atomic mass is 9.82. The number of rotatable bonds is 2. The third kappa shape index (κ3) is 0.959. The van der Waals surface area contributed by atoms with Gasteiger partial charge in [-0.2, -0.15) is 0 Å². The molecule has 1 spiro atoms. The van der Waals surface area contributed by atoms with Crippen LogP contribution in [0.5, 0.6) is 0 Å². The Kier molecular flexibility index (Phi) is 1.49. The molecule has 2 aliphatic rings. The van der Waals surface area contributed by atoms with Crippen LogP contribution in [0.3, 0.4) is 0 Å². The minimum Gasteiger partial charge on any atom is -0.481 e. The highest BCUT2D eigenvalue weighted by atomic mass is 16.4. The van der Waals surface area contributed by atoms with Crippen molar-refractivity contribution in [1.29, 1.82) is 0 Å². The van der Waals surface area contributed by atoms with Gasteiger partial charge in [0.1, 0.15) is 0 Å². The van der Waals surface area contributed by atoms with Crippen LogP contribution in [0.2, 0.25) is 0 Å². The normalized spacial score (nSPS) is 37.1. The first-order valence-electron chi connectivity index (χ1n) is 4.59. The van der Waals surface area contributed by atoms with E-state index < -0.39 is 5.97 Å². The van der Waals surface area contributed by atoms with E-state index in [-0.39, 0.29) is 17.4 Å². The molecular formula is C9H15NO2. The lowest BCUT2D eigenvalue weighted by Crippen LogP contribution is -2.46. The maximum Gasteiger partial charge on any atom is 0.305 e. The summed E-state index contributed by atoms with van der Waals surface area (Å²) in [6, 6.07) is 0. The molecule has 2 rings (SSSR count). The predicted octanol–water partition coefficient (Wildman–Crippen LogP) is 1.12. The van der Waals surface area contributed by atoms with Crippen molar-refractivity contribution in [3.05, 3.63) is 0 Å². The van der Waals surface area contributed by atoms with Gasteiger partial charge in [0.05, 0.1) is 6.42 Å². The highest BCUT2D eigenvalue weighted by Crippen LogP contribution is 2.63. The Labute approximate surface area is 71.9 Å². The van der Waals surface area contributed by atoms with Gasteiger partial charge in [-0.15, -0.1) is 0 Å². The molecule has 0 aromatic rings. The topological polar surface area (TPSA) is 63.3 Å². The SMILES string of the molecule is NC1(CC(=O)O)CCCC12CC2. The Morgan fingerprint density at radius 3 is 2.50 bits per heavy atom. The predicted molar refractivity (Wildman–Crippen MR) is 44.7 cm³/mol. The number of hydrogen-bond acceptors (Lipinski definition) is 2. The number of aliphatic carboxylic acids is 1. The fourth-order valence-electron chi connectivity index (χ4n) is 2.70. The van der Waals surface area contributed by atoms with Gasteiger partial charge in [-0.3, -0.25) is 4.79 Å². The van der Waals surface area contributed by atoms with E-state index in [4.69, 9.17) is 10.8 Å². The molecule has 0 saturated heterocycles. The first kappa shape index (κ1) is 8.05. The summed E-state index contributed by atoms with van der Waals surface area (Å²) in [4.78, 5) is 10.6. The lowest BCUT2D eigenvalue weighted by Gasteiger charge is -2.29. The number of nitrogens with two attached hydrogens (primary N) is 1. The van der Waals surface area contributed by atoms with Crippen LogP contribution < -0.4 is 5.73 Å². The van der Waals surface area contributed by atoms with Gasteiger partial charge in [-0.1, -0.05) is 6.42 Å². The zero-order chi connectivity index (χ0) is 8.82. The molecule has 0 bridgehead atoms. The second kappa shape index (κ2) is 2.22. The third-order valence-electron chi connectivity index (χ3n) is 3.65. The van der Waals surface area contributed by atoms with Crippen molar-refractivity contribution >= 4 is 5.97 Å². The number of carboxylic acid groups (broad SMARTS) is 1. The molecular weight excluding hydrogens is 154 g/mol. The molecule has 68 valence electrons. The Bertz CT molecular complexity index is 223. The molecule has 3 N–H and O–H groups in total. The second-order valence-corrected chi connectivity index (χ2v) is 4.36. The molecule has 3 nitrogen and oxygen atoms in total. The van der Waals surface area contributed by atoms with Gasteiger partial charge in [0.15, 0.2) is 0 Å². The average molecular weight is 169 g/mol. The first-order chi connectivity index (χ1) is 5.58. The summed E-state index contributed by atoms with van der Waals surface area (Å²) < 4.78 is 0. The van der Waals surface area contributed by atoms with Gasteiger partial charge in [-0.25, -0.2) is 0 Å². The van der Waals surface area contributed by atoms with E-state index in [1.165, 1.54) is 0 Å². The van der Waals surface area contributed by atoms with Gasteiger partial charge < -0.3 is 10.8 Å². The van der Waals surface area contributed by atoms with Gasteiger partial charge in [0.25, 0.3) is 0 Å². The van der Waals surface area contributed by atoms with E-state index in [1.54, 1.807) is 0 Å². The summed E-state index contributed by atoms with van der Waals surface area (Å²) in [6.07, 6.45) is 5.63. The van der Waals surface area contributed by atoms with Crippen molar-refractivity contribution in [2.75, 3.05) is 0 Å². The van der Waals surface area contributed by atoms with Gasteiger partial charge in [0, 0.05) is 5.54 Å². The third-order valence-corrected chi connectivity index (χ3v) is 3.65. The smallest absolute Gasteiger partial charge is 0.305 e. The second-order valence-electron chi connectivity index (χ2n) is 4.36. The van der Waals surface area contributed by atoms with E-state index in [9.17, 15) is 4.79 Å². The molecule has 0 aromatic heterocycles. The standard InChI is InChI=1S/C9H15NO2/c10-9(6-7(11)12)3-1-2-8(9)4-5-8/h1-6,10H2,(H,11,12). The Morgan fingerprint density at radius 2 is 2.00 bits per heavy atom. The van der Waals surface area contributed by atoms with Crippen molar-refractivity contribution in [2.24, 2.45) is 11.1 Å². The highest BCUT2D eigenvalue weighted by molar-refractivity contribution is 5.69. The number of hydrogen-bond donors (Lipinski definition) is 2. The quantitative estimate of drug-likeness (QED) is 0.651. The van der Waals surface area contributed by atoms with Crippen molar-refractivity contribution in [3.63, 3.8) is 0 Å². The van der Waals surface area contributed by atoms with Crippen molar-refractivity contribution < 1.29 is 9.90 Å². The van der Waals surface area contributed by atoms with E-state index in [2.05, 4.69) is 0 Å². The molecule has 0 heterocycles. The molecule has 1 atom stereocenters. The van der Waals surface area contributed by atoms with Crippen molar-refractivity contribution in [1.82, 2.24) is 0 Å². The summed E-state index contributed by atoms with van der Waals surface area (Å²) in [5.41, 5.74) is 5.97. The number of carbonyl (C=O) groups is 1. The van der Waals surface area contributed by atoms with E-state index in [0.29, 0.717) is 0 Å². The summed E-state index contributed by atoms with van der Waals surface area (Å²) in [6.45, 7) is 0. The van der Waals surface area contributed by atoms with Gasteiger partial charge >= 0.3 is 5.97 Å².